The van der Waals surface area contributed by atoms with Gasteiger partial charge in [0, 0.05) is 39.8 Å². The molecular weight excluding hydrogens is 315 g/mol. The van der Waals surface area contributed by atoms with Crippen molar-refractivity contribution >= 4 is 5.91 Å². The number of halogens is 1. The summed E-state index contributed by atoms with van der Waals surface area (Å²) in [5.74, 6) is 0.321. The van der Waals surface area contributed by atoms with E-state index >= 15 is 0 Å². The SMILES string of the molecule is COCCC(=O)N1CCN(C[C@@H](O)COc2ccc(F)cc2)CC1. The van der Waals surface area contributed by atoms with Crippen LogP contribution in [0.2, 0.25) is 0 Å². The molecule has 0 saturated carbocycles. The van der Waals surface area contributed by atoms with Crippen molar-refractivity contribution in [3.8, 4) is 5.75 Å². The summed E-state index contributed by atoms with van der Waals surface area (Å²) in [5, 5.41) is 10.1. The Hall–Kier alpha value is -1.70. The van der Waals surface area contributed by atoms with Crippen LogP contribution in [0, 0.1) is 5.82 Å². The fraction of sp³-hybridized carbons (Fsp3) is 0.588. The number of ether oxygens (including phenoxy) is 2. The highest BCUT2D eigenvalue weighted by molar-refractivity contribution is 5.76. The molecule has 2 rings (SSSR count). The number of aliphatic hydroxyl groups excluding tert-OH is 1. The van der Waals surface area contributed by atoms with Crippen molar-refractivity contribution in [2.45, 2.75) is 12.5 Å². The van der Waals surface area contributed by atoms with Crippen molar-refractivity contribution in [2.75, 3.05) is 53.0 Å². The monoisotopic (exact) mass is 340 g/mol. The fourth-order valence-electron chi connectivity index (χ4n) is 2.60. The summed E-state index contributed by atoms with van der Waals surface area (Å²) in [6.45, 7) is 3.86. The molecule has 1 aromatic carbocycles. The van der Waals surface area contributed by atoms with Crippen LogP contribution >= 0.6 is 0 Å². The molecule has 0 aliphatic carbocycles. The van der Waals surface area contributed by atoms with E-state index in [9.17, 15) is 14.3 Å². The zero-order chi connectivity index (χ0) is 17.4. The zero-order valence-electron chi connectivity index (χ0n) is 14.0. The van der Waals surface area contributed by atoms with Crippen LogP contribution in [0.4, 0.5) is 4.39 Å². The highest BCUT2D eigenvalue weighted by Gasteiger charge is 2.22. The minimum Gasteiger partial charge on any atom is -0.491 e. The first kappa shape index (κ1) is 18.6. The number of hydrogen-bond donors (Lipinski definition) is 1. The van der Waals surface area contributed by atoms with E-state index in [0.717, 1.165) is 13.1 Å². The normalized spacial score (nSPS) is 16.9. The standard InChI is InChI=1S/C17H25FN2O4/c1-23-11-6-17(22)20-9-7-19(8-10-20)12-15(21)13-24-16-4-2-14(18)3-5-16/h2-5,15,21H,6-13H2,1H3/t15-/m1/s1. The molecule has 0 unspecified atom stereocenters. The third-order valence-corrected chi connectivity index (χ3v) is 3.97. The van der Waals surface area contributed by atoms with Crippen molar-refractivity contribution in [3.63, 3.8) is 0 Å². The van der Waals surface area contributed by atoms with Crippen LogP contribution in [0.1, 0.15) is 6.42 Å². The van der Waals surface area contributed by atoms with Gasteiger partial charge in [0.2, 0.25) is 5.91 Å². The number of amides is 1. The van der Waals surface area contributed by atoms with Crippen molar-refractivity contribution < 1.29 is 23.8 Å². The molecule has 1 saturated heterocycles. The summed E-state index contributed by atoms with van der Waals surface area (Å²) in [6, 6.07) is 5.71. The Balaban J connectivity index is 1.65. The Morgan fingerprint density at radius 1 is 1.25 bits per heavy atom. The molecule has 0 aromatic heterocycles. The smallest absolute Gasteiger partial charge is 0.224 e. The maximum Gasteiger partial charge on any atom is 0.224 e. The van der Waals surface area contributed by atoms with Crippen molar-refractivity contribution in [1.82, 2.24) is 9.80 Å². The Bertz CT molecular complexity index is 504. The van der Waals surface area contributed by atoms with Crippen molar-refractivity contribution in [3.05, 3.63) is 30.1 Å². The van der Waals surface area contributed by atoms with Gasteiger partial charge in [0.15, 0.2) is 0 Å². The molecule has 1 atom stereocenters. The minimum absolute atomic E-state index is 0.108. The Kier molecular flexibility index (Phi) is 7.42. The Morgan fingerprint density at radius 3 is 2.54 bits per heavy atom. The van der Waals surface area contributed by atoms with E-state index in [0.29, 0.717) is 38.4 Å². The van der Waals surface area contributed by atoms with Gasteiger partial charge in [-0.1, -0.05) is 0 Å². The molecule has 1 N–H and O–H groups in total. The molecule has 0 spiro atoms. The van der Waals surface area contributed by atoms with Gasteiger partial charge in [0.1, 0.15) is 24.3 Å². The van der Waals surface area contributed by atoms with Gasteiger partial charge < -0.3 is 19.5 Å². The van der Waals surface area contributed by atoms with E-state index in [1.165, 1.54) is 24.3 Å². The first-order valence-electron chi connectivity index (χ1n) is 8.14. The second-order valence-electron chi connectivity index (χ2n) is 5.84. The number of hydrogen-bond acceptors (Lipinski definition) is 5. The summed E-state index contributed by atoms with van der Waals surface area (Å²) in [5.41, 5.74) is 0. The van der Waals surface area contributed by atoms with Crippen molar-refractivity contribution in [1.29, 1.82) is 0 Å². The van der Waals surface area contributed by atoms with Gasteiger partial charge in [-0.15, -0.1) is 0 Å². The Labute approximate surface area is 141 Å². The zero-order valence-corrected chi connectivity index (χ0v) is 14.0. The second-order valence-corrected chi connectivity index (χ2v) is 5.84. The van der Waals surface area contributed by atoms with Crippen LogP contribution in [0.3, 0.4) is 0 Å². The van der Waals surface area contributed by atoms with Gasteiger partial charge >= 0.3 is 0 Å². The molecule has 7 heteroatoms. The van der Waals surface area contributed by atoms with Crippen LogP contribution in [-0.2, 0) is 9.53 Å². The van der Waals surface area contributed by atoms with Crippen LogP contribution in [0.25, 0.3) is 0 Å². The molecule has 1 aliphatic rings. The highest BCUT2D eigenvalue weighted by Crippen LogP contribution is 2.12. The largest absolute Gasteiger partial charge is 0.491 e. The average molecular weight is 340 g/mol. The van der Waals surface area contributed by atoms with Gasteiger partial charge in [0.25, 0.3) is 0 Å². The Morgan fingerprint density at radius 2 is 1.92 bits per heavy atom. The summed E-state index contributed by atoms with van der Waals surface area (Å²) in [6.07, 6.45) is -0.226. The molecule has 0 bridgehead atoms. The van der Waals surface area contributed by atoms with E-state index < -0.39 is 6.10 Å². The lowest BCUT2D eigenvalue weighted by molar-refractivity contribution is -0.134. The number of nitrogens with zero attached hydrogens (tertiary/aromatic N) is 2. The summed E-state index contributed by atoms with van der Waals surface area (Å²) in [4.78, 5) is 15.8. The van der Waals surface area contributed by atoms with Crippen LogP contribution < -0.4 is 4.74 Å². The summed E-state index contributed by atoms with van der Waals surface area (Å²) >= 11 is 0. The molecule has 134 valence electrons. The van der Waals surface area contributed by atoms with E-state index in [4.69, 9.17) is 9.47 Å². The van der Waals surface area contributed by atoms with E-state index in [1.54, 1.807) is 7.11 Å². The molecule has 1 aromatic rings. The molecule has 1 heterocycles. The lowest BCUT2D eigenvalue weighted by Crippen LogP contribution is -2.51. The minimum atomic E-state index is -0.634. The number of benzene rings is 1. The van der Waals surface area contributed by atoms with Gasteiger partial charge in [-0.25, -0.2) is 4.39 Å². The predicted molar refractivity (Wildman–Crippen MR) is 87.4 cm³/mol. The maximum atomic E-state index is 12.8. The molecule has 6 nitrogen and oxygen atoms in total. The second kappa shape index (κ2) is 9.56. The lowest BCUT2D eigenvalue weighted by atomic mass is 10.2. The van der Waals surface area contributed by atoms with Gasteiger partial charge in [-0.3, -0.25) is 9.69 Å². The molecular formula is C17H25FN2O4. The van der Waals surface area contributed by atoms with E-state index in [2.05, 4.69) is 4.90 Å². The predicted octanol–water partition coefficient (Wildman–Crippen LogP) is 0.746. The topological polar surface area (TPSA) is 62.2 Å². The first-order chi connectivity index (χ1) is 11.6. The number of piperazine rings is 1. The lowest BCUT2D eigenvalue weighted by Gasteiger charge is -2.35. The quantitative estimate of drug-likeness (QED) is 0.757. The number of rotatable bonds is 8. The molecule has 0 radical (unpaired) electrons. The van der Waals surface area contributed by atoms with Crippen molar-refractivity contribution in [2.24, 2.45) is 0 Å². The number of carbonyl (C=O) groups excluding carboxylic acids is 1. The molecule has 24 heavy (non-hydrogen) atoms. The third kappa shape index (κ3) is 6.07. The summed E-state index contributed by atoms with van der Waals surface area (Å²) in [7, 11) is 1.58. The summed E-state index contributed by atoms with van der Waals surface area (Å²) < 4.78 is 23.2. The van der Waals surface area contributed by atoms with Gasteiger partial charge in [-0.2, -0.15) is 0 Å². The van der Waals surface area contributed by atoms with E-state index in [-0.39, 0.29) is 18.3 Å². The van der Waals surface area contributed by atoms with Crippen LogP contribution in [-0.4, -0.2) is 80.0 Å². The van der Waals surface area contributed by atoms with Gasteiger partial charge in [-0.05, 0) is 24.3 Å². The van der Waals surface area contributed by atoms with E-state index in [1.807, 2.05) is 4.90 Å². The van der Waals surface area contributed by atoms with Crippen LogP contribution in [0.15, 0.2) is 24.3 Å². The number of carbonyl (C=O) groups is 1. The number of β-amino-alcohol motifs (C(OH)–C–C–N with tert-alkyl or cyclic N) is 1. The first-order valence-corrected chi connectivity index (χ1v) is 8.14. The molecule has 1 amide bonds. The third-order valence-electron chi connectivity index (χ3n) is 3.97. The van der Waals surface area contributed by atoms with Crippen LogP contribution in [0.5, 0.6) is 5.75 Å². The van der Waals surface area contributed by atoms with Gasteiger partial charge in [0.05, 0.1) is 13.0 Å². The maximum absolute atomic E-state index is 12.8. The molecule has 1 aliphatic heterocycles. The average Bonchev–Trinajstić information content (AvgIpc) is 2.60. The fourth-order valence-corrected chi connectivity index (χ4v) is 2.60. The highest BCUT2D eigenvalue weighted by atomic mass is 19.1. The number of methoxy groups -OCH3 is 1. The molecule has 1 fully saturated rings. The number of aliphatic hydroxyl groups is 1.